The molecule has 0 aliphatic rings. The van der Waals surface area contributed by atoms with Crippen LogP contribution in [0.1, 0.15) is 11.1 Å². The fourth-order valence-electron chi connectivity index (χ4n) is 1.15. The summed E-state index contributed by atoms with van der Waals surface area (Å²) in [6.07, 6.45) is 0. The van der Waals surface area contributed by atoms with Crippen molar-refractivity contribution >= 4 is 11.6 Å². The first-order chi connectivity index (χ1) is 7.22. The second-order valence-electron chi connectivity index (χ2n) is 2.93. The number of carbonyl (C=O) groups is 1. The Kier molecular flexibility index (Phi) is 3.82. The van der Waals surface area contributed by atoms with E-state index in [0.717, 1.165) is 5.56 Å². The Bertz CT molecular complexity index is 371. The number of nitrogens with two attached hydrogens (primary N) is 1. The average Bonchev–Trinajstić information content (AvgIpc) is 2.30. The van der Waals surface area contributed by atoms with Crippen molar-refractivity contribution < 1.29 is 10.0 Å². The van der Waals surface area contributed by atoms with E-state index in [1.807, 2.05) is 0 Å². The Labute approximate surface area is 87.6 Å². The van der Waals surface area contributed by atoms with Crippen molar-refractivity contribution in [2.45, 2.75) is 6.54 Å². The molecule has 0 spiro atoms. The van der Waals surface area contributed by atoms with E-state index >= 15 is 0 Å². The van der Waals surface area contributed by atoms with Gasteiger partial charge in [0.2, 0.25) is 0 Å². The Hall–Kier alpha value is -1.88. The lowest BCUT2D eigenvalue weighted by molar-refractivity contribution is -0.114. The first-order valence-electron chi connectivity index (χ1n) is 4.46. The molecule has 0 aliphatic carbocycles. The van der Waals surface area contributed by atoms with Crippen LogP contribution in [0.4, 0.5) is 0 Å². The highest BCUT2D eigenvalue weighted by atomic mass is 16.4. The van der Waals surface area contributed by atoms with Crippen LogP contribution in [0.15, 0.2) is 29.4 Å². The molecule has 4 N–H and O–H groups in total. The summed E-state index contributed by atoms with van der Waals surface area (Å²) in [6.45, 7) is 0.436. The van der Waals surface area contributed by atoms with E-state index in [1.165, 1.54) is 7.05 Å². The smallest absolute Gasteiger partial charge is 0.273 e. The monoisotopic (exact) mass is 207 g/mol. The normalized spacial score (nSPS) is 11.2. The summed E-state index contributed by atoms with van der Waals surface area (Å²) >= 11 is 0. The van der Waals surface area contributed by atoms with Gasteiger partial charge < -0.3 is 16.3 Å². The third kappa shape index (κ3) is 2.54. The van der Waals surface area contributed by atoms with Crippen LogP contribution in [-0.4, -0.2) is 23.9 Å². The molecule has 1 aromatic rings. The Morgan fingerprint density at radius 2 is 2.07 bits per heavy atom. The first-order valence-corrected chi connectivity index (χ1v) is 4.46. The average molecular weight is 207 g/mol. The van der Waals surface area contributed by atoms with E-state index in [-0.39, 0.29) is 5.71 Å². The summed E-state index contributed by atoms with van der Waals surface area (Å²) < 4.78 is 0. The maximum absolute atomic E-state index is 11.3. The molecule has 1 rings (SSSR count). The largest absolute Gasteiger partial charge is 0.410 e. The molecule has 0 unspecified atom stereocenters. The van der Waals surface area contributed by atoms with E-state index in [1.54, 1.807) is 24.3 Å². The number of carbonyl (C=O) groups excluding carboxylic acids is 1. The van der Waals surface area contributed by atoms with Crippen LogP contribution in [0.3, 0.4) is 0 Å². The molecular formula is C10H13N3O2. The van der Waals surface area contributed by atoms with Gasteiger partial charge in [-0.25, -0.2) is 0 Å². The highest BCUT2D eigenvalue weighted by molar-refractivity contribution is 6.45. The summed E-state index contributed by atoms with van der Waals surface area (Å²) in [6, 6.07) is 6.94. The van der Waals surface area contributed by atoms with Crippen LogP contribution in [0.2, 0.25) is 0 Å². The van der Waals surface area contributed by atoms with Crippen molar-refractivity contribution in [1.82, 2.24) is 5.32 Å². The lowest BCUT2D eigenvalue weighted by atomic mass is 10.1. The Morgan fingerprint density at radius 1 is 1.47 bits per heavy atom. The highest BCUT2D eigenvalue weighted by Gasteiger charge is 2.12. The number of hydrogen-bond acceptors (Lipinski definition) is 4. The molecule has 0 heterocycles. The molecule has 1 amide bonds. The first kappa shape index (κ1) is 11.2. The van der Waals surface area contributed by atoms with Crippen LogP contribution in [0, 0.1) is 0 Å². The van der Waals surface area contributed by atoms with Gasteiger partial charge in [0.05, 0.1) is 0 Å². The van der Waals surface area contributed by atoms with Gasteiger partial charge in [0.15, 0.2) is 5.71 Å². The van der Waals surface area contributed by atoms with Crippen molar-refractivity contribution in [2.75, 3.05) is 7.05 Å². The fourth-order valence-corrected chi connectivity index (χ4v) is 1.15. The van der Waals surface area contributed by atoms with Crippen LogP contribution in [0.25, 0.3) is 0 Å². The summed E-state index contributed by atoms with van der Waals surface area (Å²) in [5.41, 5.74) is 6.92. The second kappa shape index (κ2) is 5.11. The van der Waals surface area contributed by atoms with Crippen molar-refractivity contribution in [2.24, 2.45) is 10.9 Å². The number of amides is 1. The Morgan fingerprint density at radius 3 is 2.47 bits per heavy atom. The summed E-state index contributed by atoms with van der Waals surface area (Å²) in [4.78, 5) is 11.3. The number of hydrogen-bond donors (Lipinski definition) is 3. The van der Waals surface area contributed by atoms with E-state index in [0.29, 0.717) is 12.1 Å². The van der Waals surface area contributed by atoms with E-state index in [2.05, 4.69) is 10.5 Å². The van der Waals surface area contributed by atoms with Gasteiger partial charge in [-0.1, -0.05) is 29.4 Å². The molecule has 5 nitrogen and oxygen atoms in total. The maximum Gasteiger partial charge on any atom is 0.273 e. The van der Waals surface area contributed by atoms with Crippen molar-refractivity contribution in [3.63, 3.8) is 0 Å². The predicted octanol–water partition coefficient (Wildman–Crippen LogP) is 0.0696. The number of nitrogens with zero attached hydrogens (tertiary/aromatic N) is 1. The van der Waals surface area contributed by atoms with Gasteiger partial charge in [-0.05, 0) is 5.56 Å². The standard InChI is InChI=1S/C10H13N3O2/c1-12-10(14)9(13-15)8-4-2-7(6-11)3-5-8/h2-5,15H,6,11H2,1H3,(H,12,14). The van der Waals surface area contributed by atoms with Gasteiger partial charge >= 0.3 is 0 Å². The molecule has 80 valence electrons. The second-order valence-corrected chi connectivity index (χ2v) is 2.93. The lowest BCUT2D eigenvalue weighted by Gasteiger charge is -2.03. The van der Waals surface area contributed by atoms with Gasteiger partial charge in [0, 0.05) is 19.2 Å². The minimum atomic E-state index is -0.432. The summed E-state index contributed by atoms with van der Waals surface area (Å²) in [5, 5.41) is 14.1. The SMILES string of the molecule is CNC(=O)C(=NO)c1ccc(CN)cc1. The van der Waals surface area contributed by atoms with Gasteiger partial charge in [-0.15, -0.1) is 0 Å². The quantitative estimate of drug-likeness (QED) is 0.372. The maximum atomic E-state index is 11.3. The number of oxime groups is 1. The van der Waals surface area contributed by atoms with Crippen LogP contribution < -0.4 is 11.1 Å². The van der Waals surface area contributed by atoms with Crippen LogP contribution >= 0.6 is 0 Å². The zero-order valence-electron chi connectivity index (χ0n) is 8.40. The third-order valence-corrected chi connectivity index (χ3v) is 2.01. The number of rotatable bonds is 3. The molecule has 5 heteroatoms. The van der Waals surface area contributed by atoms with Crippen LogP contribution in [-0.2, 0) is 11.3 Å². The molecular weight excluding hydrogens is 194 g/mol. The molecule has 15 heavy (non-hydrogen) atoms. The van der Waals surface area contributed by atoms with Crippen LogP contribution in [0.5, 0.6) is 0 Å². The number of nitrogens with one attached hydrogen (secondary N) is 1. The van der Waals surface area contributed by atoms with E-state index < -0.39 is 5.91 Å². The number of benzene rings is 1. The zero-order chi connectivity index (χ0) is 11.3. The molecule has 0 saturated heterocycles. The zero-order valence-corrected chi connectivity index (χ0v) is 8.40. The predicted molar refractivity (Wildman–Crippen MR) is 56.7 cm³/mol. The van der Waals surface area contributed by atoms with Gasteiger partial charge in [-0.2, -0.15) is 0 Å². The van der Waals surface area contributed by atoms with Crippen molar-refractivity contribution in [3.05, 3.63) is 35.4 Å². The van der Waals surface area contributed by atoms with Gasteiger partial charge in [0.1, 0.15) is 0 Å². The minimum Gasteiger partial charge on any atom is -0.410 e. The topological polar surface area (TPSA) is 87.7 Å². The molecule has 0 atom stereocenters. The molecule has 1 aromatic carbocycles. The summed E-state index contributed by atoms with van der Waals surface area (Å²) in [5.74, 6) is -0.432. The molecule has 0 aliphatic heterocycles. The van der Waals surface area contributed by atoms with Crippen molar-refractivity contribution in [1.29, 1.82) is 0 Å². The molecule has 0 fully saturated rings. The molecule has 0 bridgehead atoms. The Balaban J connectivity index is 2.99. The lowest BCUT2D eigenvalue weighted by Crippen LogP contribution is -2.28. The van der Waals surface area contributed by atoms with Gasteiger partial charge in [-0.3, -0.25) is 4.79 Å². The third-order valence-electron chi connectivity index (χ3n) is 2.01. The summed E-state index contributed by atoms with van der Waals surface area (Å²) in [7, 11) is 1.47. The fraction of sp³-hybridized carbons (Fsp3) is 0.200. The highest BCUT2D eigenvalue weighted by Crippen LogP contribution is 2.05. The number of likely N-dealkylation sites (N-methyl/N-ethyl adjacent to an activating group) is 1. The minimum absolute atomic E-state index is 0.0129. The molecule has 0 aromatic heterocycles. The molecule has 0 saturated carbocycles. The van der Waals surface area contributed by atoms with Crippen molar-refractivity contribution in [3.8, 4) is 0 Å². The van der Waals surface area contributed by atoms with E-state index in [9.17, 15) is 4.79 Å². The molecule has 0 radical (unpaired) electrons. The van der Waals surface area contributed by atoms with E-state index in [4.69, 9.17) is 10.9 Å². The van der Waals surface area contributed by atoms with Gasteiger partial charge in [0.25, 0.3) is 5.91 Å².